The zero-order valence-electron chi connectivity index (χ0n) is 18.5. The number of nitrogens with zero attached hydrogens (tertiary/aromatic N) is 5. The molecule has 1 aliphatic rings. The van der Waals surface area contributed by atoms with Crippen LogP contribution in [0.3, 0.4) is 0 Å². The fourth-order valence-corrected chi connectivity index (χ4v) is 3.71. The van der Waals surface area contributed by atoms with Crippen molar-refractivity contribution in [2.75, 3.05) is 36.5 Å². The maximum absolute atomic E-state index is 12.9. The molecule has 10 heteroatoms. The Hall–Kier alpha value is -3.95. The highest BCUT2D eigenvalue weighted by atomic mass is 16.5. The molecule has 2 aromatic heterocycles. The fourth-order valence-electron chi connectivity index (χ4n) is 3.71. The molecule has 0 aliphatic carbocycles. The predicted molar refractivity (Wildman–Crippen MR) is 123 cm³/mol. The van der Waals surface area contributed by atoms with Gasteiger partial charge in [-0.05, 0) is 43.2 Å². The molecule has 2 N–H and O–H groups in total. The van der Waals surface area contributed by atoms with E-state index < -0.39 is 0 Å². The van der Waals surface area contributed by atoms with E-state index >= 15 is 0 Å². The molecule has 10 nitrogen and oxygen atoms in total. The highest BCUT2D eigenvalue weighted by Crippen LogP contribution is 2.24. The van der Waals surface area contributed by atoms with Crippen molar-refractivity contribution in [1.29, 1.82) is 0 Å². The number of carbonyl (C=O) groups is 2. The smallest absolute Gasteiger partial charge is 0.229 e. The van der Waals surface area contributed by atoms with Gasteiger partial charge in [-0.25, -0.2) is 14.6 Å². The van der Waals surface area contributed by atoms with Gasteiger partial charge < -0.3 is 20.3 Å². The number of aromatic nitrogens is 4. The van der Waals surface area contributed by atoms with Crippen molar-refractivity contribution in [3.8, 4) is 11.6 Å². The van der Waals surface area contributed by atoms with Crippen molar-refractivity contribution in [2.24, 2.45) is 5.92 Å². The van der Waals surface area contributed by atoms with Gasteiger partial charge in [-0.3, -0.25) is 9.59 Å². The van der Waals surface area contributed by atoms with E-state index in [0.29, 0.717) is 37.0 Å². The lowest BCUT2D eigenvalue weighted by molar-refractivity contribution is -0.120. The molecule has 0 saturated carbocycles. The lowest BCUT2D eigenvalue weighted by Crippen LogP contribution is -2.41. The van der Waals surface area contributed by atoms with Crippen LogP contribution in [0.25, 0.3) is 5.82 Å². The second-order valence-electron chi connectivity index (χ2n) is 7.82. The van der Waals surface area contributed by atoms with Crippen LogP contribution in [0.1, 0.15) is 19.8 Å². The standard InChI is InChI=1S/C23H27N7O3/c1-17(31)24-10-13-33-20-7-5-19(6-8-20)28-23(32)18-4-2-11-29(15-18)21-14-22(26-16-25-21)30-12-3-9-27-30/h3,5-9,12,14,16,18H,2,4,10-11,13,15H2,1H3,(H,24,31)(H,28,32). The number of rotatable bonds is 8. The van der Waals surface area contributed by atoms with E-state index in [1.54, 1.807) is 23.0 Å². The molecule has 1 aromatic carbocycles. The Balaban J connectivity index is 1.32. The first-order valence-electron chi connectivity index (χ1n) is 10.9. The van der Waals surface area contributed by atoms with Crippen LogP contribution < -0.4 is 20.3 Å². The number of piperidine rings is 1. The molecule has 0 spiro atoms. The predicted octanol–water partition coefficient (Wildman–Crippen LogP) is 2.03. The van der Waals surface area contributed by atoms with Gasteiger partial charge in [0.05, 0.1) is 12.5 Å². The maximum Gasteiger partial charge on any atom is 0.229 e. The van der Waals surface area contributed by atoms with Gasteiger partial charge in [0, 0.05) is 44.2 Å². The van der Waals surface area contributed by atoms with Crippen LogP contribution in [-0.4, -0.2) is 57.8 Å². The number of hydrogen-bond acceptors (Lipinski definition) is 7. The summed E-state index contributed by atoms with van der Waals surface area (Å²) in [6.45, 7) is 3.72. The van der Waals surface area contributed by atoms with Gasteiger partial charge in [-0.15, -0.1) is 0 Å². The molecule has 1 saturated heterocycles. The molecule has 1 unspecified atom stereocenters. The van der Waals surface area contributed by atoms with Crippen LogP contribution in [0.5, 0.6) is 5.75 Å². The minimum absolute atomic E-state index is 0.0135. The molecular weight excluding hydrogens is 422 g/mol. The van der Waals surface area contributed by atoms with Crippen LogP contribution in [0, 0.1) is 5.92 Å². The lowest BCUT2D eigenvalue weighted by Gasteiger charge is -2.32. The molecule has 33 heavy (non-hydrogen) atoms. The fraction of sp³-hybridized carbons (Fsp3) is 0.348. The largest absolute Gasteiger partial charge is 0.492 e. The Morgan fingerprint density at radius 2 is 2.00 bits per heavy atom. The van der Waals surface area contributed by atoms with Crippen LogP contribution in [0.2, 0.25) is 0 Å². The maximum atomic E-state index is 12.9. The van der Waals surface area contributed by atoms with Crippen LogP contribution in [-0.2, 0) is 9.59 Å². The summed E-state index contributed by atoms with van der Waals surface area (Å²) in [5.41, 5.74) is 0.717. The van der Waals surface area contributed by atoms with E-state index in [9.17, 15) is 9.59 Å². The van der Waals surface area contributed by atoms with Crippen molar-refractivity contribution in [2.45, 2.75) is 19.8 Å². The number of nitrogens with one attached hydrogen (secondary N) is 2. The highest BCUT2D eigenvalue weighted by molar-refractivity contribution is 5.93. The normalized spacial score (nSPS) is 15.7. The summed E-state index contributed by atoms with van der Waals surface area (Å²) in [6, 6.07) is 11.0. The van der Waals surface area contributed by atoms with Crippen LogP contribution >= 0.6 is 0 Å². The lowest BCUT2D eigenvalue weighted by atomic mass is 9.97. The number of amides is 2. The monoisotopic (exact) mass is 449 g/mol. The molecule has 1 atom stereocenters. The third kappa shape index (κ3) is 6.06. The molecule has 3 aromatic rings. The van der Waals surface area contributed by atoms with Gasteiger partial charge in [0.2, 0.25) is 11.8 Å². The number of ether oxygens (including phenoxy) is 1. The molecule has 172 valence electrons. The first-order valence-corrected chi connectivity index (χ1v) is 10.9. The summed E-state index contributed by atoms with van der Waals surface area (Å²) in [5, 5.41) is 9.89. The van der Waals surface area contributed by atoms with Crippen LogP contribution in [0.15, 0.2) is 55.1 Å². The van der Waals surface area contributed by atoms with E-state index in [4.69, 9.17) is 4.74 Å². The summed E-state index contributed by atoms with van der Waals surface area (Å²) < 4.78 is 7.27. The second-order valence-corrected chi connectivity index (χ2v) is 7.82. The van der Waals surface area contributed by atoms with Gasteiger partial charge in [0.1, 0.15) is 24.5 Å². The number of benzene rings is 1. The minimum Gasteiger partial charge on any atom is -0.492 e. The summed E-state index contributed by atoms with van der Waals surface area (Å²) in [4.78, 5) is 34.6. The van der Waals surface area contributed by atoms with E-state index in [2.05, 4.69) is 30.6 Å². The second kappa shape index (κ2) is 10.6. The SMILES string of the molecule is CC(=O)NCCOc1ccc(NC(=O)C2CCCN(c3cc(-n4cccn4)ncn3)C2)cc1. The summed E-state index contributed by atoms with van der Waals surface area (Å²) in [6.07, 6.45) is 6.78. The Labute approximate surface area is 192 Å². The highest BCUT2D eigenvalue weighted by Gasteiger charge is 2.27. The Bertz CT molecular complexity index is 1070. The Morgan fingerprint density at radius 1 is 1.18 bits per heavy atom. The molecule has 1 aliphatic heterocycles. The molecule has 4 rings (SSSR count). The van der Waals surface area contributed by atoms with Crippen molar-refractivity contribution < 1.29 is 14.3 Å². The quantitative estimate of drug-likeness (QED) is 0.506. The topological polar surface area (TPSA) is 114 Å². The number of anilines is 2. The van der Waals surface area contributed by atoms with Gasteiger partial charge in [0.15, 0.2) is 5.82 Å². The van der Waals surface area contributed by atoms with E-state index in [0.717, 1.165) is 25.2 Å². The molecule has 3 heterocycles. The minimum atomic E-state index is -0.143. The van der Waals surface area contributed by atoms with Gasteiger partial charge >= 0.3 is 0 Å². The van der Waals surface area contributed by atoms with Crippen molar-refractivity contribution in [1.82, 2.24) is 25.1 Å². The first-order chi connectivity index (χ1) is 16.1. The number of carbonyl (C=O) groups excluding carboxylic acids is 2. The van der Waals surface area contributed by atoms with Crippen LogP contribution in [0.4, 0.5) is 11.5 Å². The summed E-state index contributed by atoms with van der Waals surface area (Å²) in [5.74, 6) is 1.91. The van der Waals surface area contributed by atoms with Gasteiger partial charge in [-0.1, -0.05) is 0 Å². The Kier molecular flexibility index (Phi) is 7.13. The third-order valence-corrected chi connectivity index (χ3v) is 5.36. The van der Waals surface area contributed by atoms with Gasteiger partial charge in [-0.2, -0.15) is 5.10 Å². The molecule has 1 fully saturated rings. The van der Waals surface area contributed by atoms with Crippen molar-refractivity contribution in [3.63, 3.8) is 0 Å². The van der Waals surface area contributed by atoms with E-state index in [1.165, 1.54) is 13.3 Å². The zero-order valence-corrected chi connectivity index (χ0v) is 18.5. The summed E-state index contributed by atoms with van der Waals surface area (Å²) >= 11 is 0. The molecule has 0 bridgehead atoms. The van der Waals surface area contributed by atoms with E-state index in [-0.39, 0.29) is 17.7 Å². The molecule has 0 radical (unpaired) electrons. The average molecular weight is 450 g/mol. The average Bonchev–Trinajstić information content (AvgIpc) is 3.38. The van der Waals surface area contributed by atoms with Gasteiger partial charge in [0.25, 0.3) is 0 Å². The first kappa shape index (κ1) is 22.3. The third-order valence-electron chi connectivity index (χ3n) is 5.36. The Morgan fingerprint density at radius 3 is 2.76 bits per heavy atom. The van der Waals surface area contributed by atoms with E-state index in [1.807, 2.05) is 30.5 Å². The molecule has 2 amide bonds. The van der Waals surface area contributed by atoms with Crippen molar-refractivity contribution in [3.05, 3.63) is 55.1 Å². The summed E-state index contributed by atoms with van der Waals surface area (Å²) in [7, 11) is 0. The zero-order chi connectivity index (χ0) is 23.0. The number of hydrogen-bond donors (Lipinski definition) is 2. The molecular formula is C23H27N7O3. The van der Waals surface area contributed by atoms with Crippen molar-refractivity contribution >= 4 is 23.3 Å².